The minimum Gasteiger partial charge on any atom is -0.490 e. The number of nitrogens with zero attached hydrogens (tertiary/aromatic N) is 1. The van der Waals surface area contributed by atoms with Gasteiger partial charge >= 0.3 is 0 Å². The lowest BCUT2D eigenvalue weighted by Gasteiger charge is -2.31. The smallest absolute Gasteiger partial charge is 0.243 e. The molecule has 2 aliphatic rings. The van der Waals surface area contributed by atoms with Gasteiger partial charge in [-0.3, -0.25) is 0 Å². The van der Waals surface area contributed by atoms with Crippen LogP contribution in [-0.4, -0.2) is 45.0 Å². The molecule has 0 radical (unpaired) electrons. The number of fused-ring (bicyclic) bond motifs is 1. The molecule has 0 unspecified atom stereocenters. The van der Waals surface area contributed by atoms with Crippen LogP contribution in [0.3, 0.4) is 0 Å². The molecule has 2 aliphatic heterocycles. The molecule has 1 N–H and O–H groups in total. The van der Waals surface area contributed by atoms with Gasteiger partial charge in [0, 0.05) is 18.1 Å². The average molecular weight is 421 g/mol. The fourth-order valence-electron chi connectivity index (χ4n) is 3.88. The second-order valence-corrected chi connectivity index (χ2v) is 9.73. The van der Waals surface area contributed by atoms with Crippen LogP contribution >= 0.6 is 11.6 Å². The first-order valence-corrected chi connectivity index (χ1v) is 11.6. The zero-order chi connectivity index (χ0) is 19.6. The van der Waals surface area contributed by atoms with Crippen molar-refractivity contribution < 1.29 is 13.2 Å². The van der Waals surface area contributed by atoms with Gasteiger partial charge in [-0.25, -0.2) is 8.42 Å². The van der Waals surface area contributed by atoms with Crippen LogP contribution < -0.4 is 10.1 Å². The van der Waals surface area contributed by atoms with Crippen molar-refractivity contribution in [2.75, 3.05) is 26.2 Å². The van der Waals surface area contributed by atoms with E-state index in [0.29, 0.717) is 35.8 Å². The molecule has 0 amide bonds. The Bertz CT molecular complexity index is 940. The van der Waals surface area contributed by atoms with Gasteiger partial charge in [-0.05, 0) is 80.2 Å². The molecule has 0 spiro atoms. The zero-order valence-electron chi connectivity index (χ0n) is 15.7. The lowest BCUT2D eigenvalue weighted by Crippen LogP contribution is -2.41. The van der Waals surface area contributed by atoms with Crippen LogP contribution in [0.5, 0.6) is 5.75 Å². The van der Waals surface area contributed by atoms with Gasteiger partial charge in [-0.15, -0.1) is 0 Å². The van der Waals surface area contributed by atoms with Crippen molar-refractivity contribution in [2.45, 2.75) is 36.7 Å². The number of halogens is 1. The van der Waals surface area contributed by atoms with Crippen molar-refractivity contribution >= 4 is 21.6 Å². The third-order valence-corrected chi connectivity index (χ3v) is 7.59. The van der Waals surface area contributed by atoms with Crippen molar-refractivity contribution in [3.63, 3.8) is 0 Å². The maximum Gasteiger partial charge on any atom is 0.243 e. The molecule has 2 aromatic rings. The predicted molar refractivity (Wildman–Crippen MR) is 111 cm³/mol. The molecule has 0 saturated carbocycles. The van der Waals surface area contributed by atoms with E-state index in [4.69, 9.17) is 16.3 Å². The molecule has 28 heavy (non-hydrogen) atoms. The van der Waals surface area contributed by atoms with E-state index in [1.807, 2.05) is 24.3 Å². The monoisotopic (exact) mass is 420 g/mol. The van der Waals surface area contributed by atoms with Crippen molar-refractivity contribution in [2.24, 2.45) is 0 Å². The summed E-state index contributed by atoms with van der Waals surface area (Å²) in [5.74, 6) is 0.730. The quantitative estimate of drug-likeness (QED) is 0.824. The Hall–Kier alpha value is -1.60. The van der Waals surface area contributed by atoms with Crippen molar-refractivity contribution in [1.29, 1.82) is 0 Å². The molecule has 7 heteroatoms. The molecule has 2 heterocycles. The SMILES string of the molecule is O=S(=O)(c1ccc2c(c1)CCNCC2)N1CCC(Oc2cccc(Cl)c2)CC1. The highest BCUT2D eigenvalue weighted by molar-refractivity contribution is 7.89. The summed E-state index contributed by atoms with van der Waals surface area (Å²) in [4.78, 5) is 0.405. The third kappa shape index (κ3) is 4.35. The first-order valence-electron chi connectivity index (χ1n) is 9.77. The number of hydrogen-bond donors (Lipinski definition) is 1. The topological polar surface area (TPSA) is 58.6 Å². The molecule has 1 fully saturated rings. The average Bonchev–Trinajstić information content (AvgIpc) is 2.93. The van der Waals surface area contributed by atoms with Gasteiger partial charge in [0.1, 0.15) is 11.9 Å². The second kappa shape index (κ2) is 8.41. The molecule has 4 rings (SSSR count). The van der Waals surface area contributed by atoms with Gasteiger partial charge in [0.2, 0.25) is 10.0 Å². The summed E-state index contributed by atoms with van der Waals surface area (Å²) in [6, 6.07) is 12.9. The molecule has 0 bridgehead atoms. The fraction of sp³-hybridized carbons (Fsp3) is 0.429. The minimum absolute atomic E-state index is 0.00281. The molecule has 0 aromatic heterocycles. The van der Waals surface area contributed by atoms with Gasteiger partial charge in [0.05, 0.1) is 4.90 Å². The summed E-state index contributed by atoms with van der Waals surface area (Å²) in [7, 11) is -3.47. The van der Waals surface area contributed by atoms with Gasteiger partial charge in [-0.2, -0.15) is 4.31 Å². The Balaban J connectivity index is 1.43. The van der Waals surface area contributed by atoms with E-state index in [1.54, 1.807) is 22.5 Å². The Morgan fingerprint density at radius 2 is 1.75 bits per heavy atom. The van der Waals surface area contributed by atoms with Crippen LogP contribution in [0.1, 0.15) is 24.0 Å². The Kier molecular flexibility index (Phi) is 5.92. The van der Waals surface area contributed by atoms with Crippen LogP contribution in [0.4, 0.5) is 0 Å². The summed E-state index contributed by atoms with van der Waals surface area (Å²) in [5, 5.41) is 4.00. The number of ether oxygens (including phenoxy) is 1. The minimum atomic E-state index is -3.47. The third-order valence-electron chi connectivity index (χ3n) is 5.46. The van der Waals surface area contributed by atoms with E-state index >= 15 is 0 Å². The summed E-state index contributed by atoms with van der Waals surface area (Å²) in [6.45, 7) is 2.76. The lowest BCUT2D eigenvalue weighted by molar-refractivity contribution is 0.135. The second-order valence-electron chi connectivity index (χ2n) is 7.36. The number of sulfonamides is 1. The number of nitrogens with one attached hydrogen (secondary N) is 1. The van der Waals surface area contributed by atoms with Gasteiger partial charge in [0.25, 0.3) is 0 Å². The van der Waals surface area contributed by atoms with Crippen LogP contribution in [0.25, 0.3) is 0 Å². The Labute approximate surface area is 171 Å². The van der Waals surface area contributed by atoms with Crippen molar-refractivity contribution in [1.82, 2.24) is 9.62 Å². The summed E-state index contributed by atoms with van der Waals surface area (Å²) in [5.41, 5.74) is 2.39. The maximum atomic E-state index is 13.1. The van der Waals surface area contributed by atoms with E-state index < -0.39 is 10.0 Å². The standard InChI is InChI=1S/C21H25ClN2O3S/c22-18-2-1-3-20(15-18)27-19-8-12-24(13-9-19)28(25,26)21-5-4-16-6-10-23-11-7-17(16)14-21/h1-5,14-15,19,23H,6-13H2. The predicted octanol–water partition coefficient (Wildman–Crippen LogP) is 3.26. The molecular weight excluding hydrogens is 396 g/mol. The molecule has 0 aliphatic carbocycles. The van der Waals surface area contributed by atoms with Crippen LogP contribution in [0, 0.1) is 0 Å². The Morgan fingerprint density at radius 3 is 2.50 bits per heavy atom. The van der Waals surface area contributed by atoms with Crippen LogP contribution in [0.2, 0.25) is 5.02 Å². The first kappa shape index (κ1) is 19.7. The van der Waals surface area contributed by atoms with E-state index in [0.717, 1.165) is 37.2 Å². The summed E-state index contributed by atoms with van der Waals surface area (Å²) >= 11 is 6.00. The first-order chi connectivity index (χ1) is 13.5. The van der Waals surface area contributed by atoms with Gasteiger partial charge < -0.3 is 10.1 Å². The largest absolute Gasteiger partial charge is 0.490 e. The van der Waals surface area contributed by atoms with Gasteiger partial charge in [0.15, 0.2) is 0 Å². The molecule has 150 valence electrons. The fourth-order valence-corrected chi connectivity index (χ4v) is 5.58. The Morgan fingerprint density at radius 1 is 1.00 bits per heavy atom. The maximum absolute atomic E-state index is 13.1. The lowest BCUT2D eigenvalue weighted by atomic mass is 10.0. The molecule has 2 aromatic carbocycles. The number of rotatable bonds is 4. The number of benzene rings is 2. The van der Waals surface area contributed by atoms with Crippen molar-refractivity contribution in [3.05, 3.63) is 58.6 Å². The van der Waals surface area contributed by atoms with Crippen molar-refractivity contribution in [3.8, 4) is 5.75 Å². The molecule has 0 atom stereocenters. The highest BCUT2D eigenvalue weighted by atomic mass is 35.5. The van der Waals surface area contributed by atoms with E-state index in [1.165, 1.54) is 5.56 Å². The number of piperidine rings is 1. The highest BCUT2D eigenvalue weighted by Gasteiger charge is 2.30. The molecule has 5 nitrogen and oxygen atoms in total. The molecule has 1 saturated heterocycles. The summed E-state index contributed by atoms with van der Waals surface area (Å²) < 4.78 is 33.8. The number of hydrogen-bond acceptors (Lipinski definition) is 4. The van der Waals surface area contributed by atoms with E-state index in [9.17, 15) is 8.42 Å². The van der Waals surface area contributed by atoms with E-state index in [2.05, 4.69) is 5.32 Å². The zero-order valence-corrected chi connectivity index (χ0v) is 17.3. The highest BCUT2D eigenvalue weighted by Crippen LogP contribution is 2.26. The van der Waals surface area contributed by atoms with Crippen LogP contribution in [0.15, 0.2) is 47.4 Å². The summed E-state index contributed by atoms with van der Waals surface area (Å²) in [6.07, 6.45) is 3.15. The van der Waals surface area contributed by atoms with E-state index in [-0.39, 0.29) is 6.10 Å². The van der Waals surface area contributed by atoms with Crippen LogP contribution in [-0.2, 0) is 22.9 Å². The van der Waals surface area contributed by atoms with Gasteiger partial charge in [-0.1, -0.05) is 23.7 Å². The molecular formula is C21H25ClN2O3S. The normalized spacial score (nSPS) is 19.0.